The molecule has 2 aromatic rings. The first-order valence-corrected chi connectivity index (χ1v) is 9.43. The lowest BCUT2D eigenvalue weighted by Crippen LogP contribution is -2.34. The fraction of sp³-hybridized carbons (Fsp3) is 0.409. The number of amidine groups is 1. The lowest BCUT2D eigenvalue weighted by atomic mass is 10.1. The monoisotopic (exact) mass is 364 g/mol. The van der Waals surface area contributed by atoms with Crippen LogP contribution in [0.5, 0.6) is 0 Å². The van der Waals surface area contributed by atoms with Crippen LogP contribution in [0.1, 0.15) is 42.0 Å². The van der Waals surface area contributed by atoms with Gasteiger partial charge in [0.1, 0.15) is 5.82 Å². The van der Waals surface area contributed by atoms with E-state index in [0.717, 1.165) is 47.8 Å². The standard InChI is InChI=1S/C22H28N4O/c1-15-7-9-18(10-8-15)21(23)25-17(3)19-12-16(2)22(24-13-19)26-11-5-6-20(26)14-27-4/h7-10,12-13,20,23H,5-6,11,14H2,1-4H3. The summed E-state index contributed by atoms with van der Waals surface area (Å²) in [7, 11) is 1.75. The number of hydrogen-bond acceptors (Lipinski definition) is 4. The molecule has 5 heteroatoms. The molecule has 0 aliphatic carbocycles. The highest BCUT2D eigenvalue weighted by atomic mass is 16.5. The van der Waals surface area contributed by atoms with Crippen LogP contribution in [-0.2, 0) is 4.74 Å². The van der Waals surface area contributed by atoms with Crippen LogP contribution in [0.2, 0.25) is 0 Å². The maximum absolute atomic E-state index is 8.25. The van der Waals surface area contributed by atoms with Gasteiger partial charge in [0.25, 0.3) is 0 Å². The number of benzene rings is 1. The highest BCUT2D eigenvalue weighted by Gasteiger charge is 2.26. The minimum absolute atomic E-state index is 0.272. The van der Waals surface area contributed by atoms with Gasteiger partial charge in [0.15, 0.2) is 5.84 Å². The second-order valence-electron chi connectivity index (χ2n) is 7.22. The van der Waals surface area contributed by atoms with E-state index in [1.165, 1.54) is 12.0 Å². The third-order valence-corrected chi connectivity index (χ3v) is 5.08. The molecule has 142 valence electrons. The number of aliphatic imine (C=N–C) groups is 1. The highest BCUT2D eigenvalue weighted by molar-refractivity contribution is 6.10. The molecule has 1 unspecified atom stereocenters. The molecule has 0 spiro atoms. The summed E-state index contributed by atoms with van der Waals surface area (Å²) in [6.45, 7) is 7.81. The number of rotatable bonds is 5. The van der Waals surface area contributed by atoms with Crippen molar-refractivity contribution in [2.45, 2.75) is 39.7 Å². The summed E-state index contributed by atoms with van der Waals surface area (Å²) in [5.74, 6) is 1.30. The average Bonchev–Trinajstić information content (AvgIpc) is 3.10. The molecule has 1 saturated heterocycles. The lowest BCUT2D eigenvalue weighted by molar-refractivity contribution is 0.180. The maximum atomic E-state index is 8.25. The number of nitrogens with zero attached hydrogens (tertiary/aromatic N) is 3. The van der Waals surface area contributed by atoms with Crippen molar-refractivity contribution in [2.75, 3.05) is 25.2 Å². The van der Waals surface area contributed by atoms with E-state index in [1.807, 2.05) is 44.3 Å². The Balaban J connectivity index is 1.80. The zero-order valence-electron chi connectivity index (χ0n) is 16.6. The molecule has 2 heterocycles. The average molecular weight is 364 g/mol. The maximum Gasteiger partial charge on any atom is 0.152 e. The summed E-state index contributed by atoms with van der Waals surface area (Å²) in [5.41, 5.74) is 4.89. The first-order chi connectivity index (χ1) is 13.0. The van der Waals surface area contributed by atoms with Crippen molar-refractivity contribution in [3.8, 4) is 0 Å². The summed E-state index contributed by atoms with van der Waals surface area (Å²) in [5, 5.41) is 8.25. The van der Waals surface area contributed by atoms with E-state index in [4.69, 9.17) is 15.1 Å². The Kier molecular flexibility index (Phi) is 6.01. The van der Waals surface area contributed by atoms with Gasteiger partial charge in [-0.25, -0.2) is 9.98 Å². The fourth-order valence-electron chi connectivity index (χ4n) is 3.55. The van der Waals surface area contributed by atoms with Gasteiger partial charge in [-0.2, -0.15) is 0 Å². The molecular weight excluding hydrogens is 336 g/mol. The van der Waals surface area contributed by atoms with E-state index >= 15 is 0 Å². The van der Waals surface area contributed by atoms with Crippen LogP contribution in [0, 0.1) is 19.3 Å². The fourth-order valence-corrected chi connectivity index (χ4v) is 3.55. The van der Waals surface area contributed by atoms with Crippen molar-refractivity contribution in [3.63, 3.8) is 0 Å². The number of nitrogens with one attached hydrogen (secondary N) is 1. The van der Waals surface area contributed by atoms with Crippen molar-refractivity contribution in [1.29, 1.82) is 5.41 Å². The lowest BCUT2D eigenvalue weighted by Gasteiger charge is -2.26. The number of methoxy groups -OCH3 is 1. The zero-order chi connectivity index (χ0) is 19.4. The second-order valence-corrected chi connectivity index (χ2v) is 7.22. The van der Waals surface area contributed by atoms with Crippen LogP contribution < -0.4 is 4.90 Å². The Labute approximate surface area is 161 Å². The number of aromatic nitrogens is 1. The summed E-state index contributed by atoms with van der Waals surface area (Å²) >= 11 is 0. The molecule has 27 heavy (non-hydrogen) atoms. The van der Waals surface area contributed by atoms with Crippen LogP contribution in [0.3, 0.4) is 0 Å². The Bertz CT molecular complexity index is 842. The summed E-state index contributed by atoms with van der Waals surface area (Å²) in [6.07, 6.45) is 4.18. The normalized spacial score (nSPS) is 17.4. The van der Waals surface area contributed by atoms with Crippen LogP contribution in [0.25, 0.3) is 0 Å². The van der Waals surface area contributed by atoms with Gasteiger partial charge in [-0.3, -0.25) is 5.41 Å². The topological polar surface area (TPSA) is 61.6 Å². The third-order valence-electron chi connectivity index (χ3n) is 5.08. The van der Waals surface area contributed by atoms with Gasteiger partial charge in [-0.1, -0.05) is 29.8 Å². The number of pyridine rings is 1. The third kappa shape index (κ3) is 4.42. The predicted octanol–water partition coefficient (Wildman–Crippen LogP) is 4.15. The van der Waals surface area contributed by atoms with Crippen LogP contribution in [0.4, 0.5) is 5.82 Å². The summed E-state index contributed by atoms with van der Waals surface area (Å²) in [6, 6.07) is 10.4. The van der Waals surface area contributed by atoms with Crippen molar-refractivity contribution >= 4 is 17.4 Å². The van der Waals surface area contributed by atoms with Crippen LogP contribution in [0.15, 0.2) is 41.5 Å². The molecule has 0 saturated carbocycles. The Morgan fingerprint density at radius 2 is 2.00 bits per heavy atom. The largest absolute Gasteiger partial charge is 0.383 e. The molecule has 1 aliphatic heterocycles. The number of ether oxygens (including phenoxy) is 1. The first-order valence-electron chi connectivity index (χ1n) is 9.43. The van der Waals surface area contributed by atoms with E-state index in [2.05, 4.69) is 22.9 Å². The Morgan fingerprint density at radius 1 is 1.26 bits per heavy atom. The van der Waals surface area contributed by atoms with Gasteiger partial charge in [0, 0.05) is 36.7 Å². The highest BCUT2D eigenvalue weighted by Crippen LogP contribution is 2.27. The molecule has 1 aromatic heterocycles. The molecule has 1 N–H and O–H groups in total. The van der Waals surface area contributed by atoms with Gasteiger partial charge in [0.2, 0.25) is 0 Å². The van der Waals surface area contributed by atoms with Crippen molar-refractivity contribution in [3.05, 3.63) is 58.8 Å². The minimum Gasteiger partial charge on any atom is -0.383 e. The van der Waals surface area contributed by atoms with Gasteiger partial charge >= 0.3 is 0 Å². The molecule has 0 radical (unpaired) electrons. The molecule has 1 aliphatic rings. The van der Waals surface area contributed by atoms with Crippen molar-refractivity contribution in [2.24, 2.45) is 4.99 Å². The van der Waals surface area contributed by atoms with E-state index in [-0.39, 0.29) is 5.84 Å². The number of aryl methyl sites for hydroxylation is 2. The SMILES string of the molecule is COCC1CCCN1c1ncc(C(C)=NC(=N)c2ccc(C)cc2)cc1C. The molecule has 1 aromatic carbocycles. The van der Waals surface area contributed by atoms with Gasteiger partial charge in [-0.15, -0.1) is 0 Å². The second kappa shape index (κ2) is 8.44. The van der Waals surface area contributed by atoms with Crippen LogP contribution >= 0.6 is 0 Å². The first kappa shape index (κ1) is 19.2. The van der Waals surface area contributed by atoms with Crippen molar-refractivity contribution < 1.29 is 4.74 Å². The van der Waals surface area contributed by atoms with Crippen LogP contribution in [-0.4, -0.2) is 42.8 Å². The molecule has 0 bridgehead atoms. The van der Waals surface area contributed by atoms with Crippen molar-refractivity contribution in [1.82, 2.24) is 4.98 Å². The number of hydrogen-bond donors (Lipinski definition) is 1. The smallest absolute Gasteiger partial charge is 0.152 e. The molecule has 1 atom stereocenters. The van der Waals surface area contributed by atoms with E-state index < -0.39 is 0 Å². The summed E-state index contributed by atoms with van der Waals surface area (Å²) in [4.78, 5) is 11.6. The zero-order valence-corrected chi connectivity index (χ0v) is 16.6. The van der Waals surface area contributed by atoms with E-state index in [1.54, 1.807) is 7.11 Å². The van der Waals surface area contributed by atoms with E-state index in [9.17, 15) is 0 Å². The van der Waals surface area contributed by atoms with Gasteiger partial charge in [0.05, 0.1) is 12.6 Å². The van der Waals surface area contributed by atoms with E-state index in [0.29, 0.717) is 6.04 Å². The Morgan fingerprint density at radius 3 is 2.67 bits per heavy atom. The molecule has 3 rings (SSSR count). The molecular formula is C22H28N4O. The van der Waals surface area contributed by atoms with Gasteiger partial charge in [-0.05, 0) is 45.2 Å². The van der Waals surface area contributed by atoms with Gasteiger partial charge < -0.3 is 9.64 Å². The molecule has 5 nitrogen and oxygen atoms in total. The Hall–Kier alpha value is -2.53. The summed E-state index contributed by atoms with van der Waals surface area (Å²) < 4.78 is 5.36. The molecule has 0 amide bonds. The predicted molar refractivity (Wildman–Crippen MR) is 111 cm³/mol. The number of anilines is 1. The quantitative estimate of drug-likeness (QED) is 0.640. The molecule has 1 fully saturated rings. The minimum atomic E-state index is 0.272.